The van der Waals surface area contributed by atoms with Gasteiger partial charge in [0.1, 0.15) is 5.82 Å². The molecule has 0 amide bonds. The van der Waals surface area contributed by atoms with Gasteiger partial charge in [0.15, 0.2) is 0 Å². The number of hydrogen-bond acceptors (Lipinski definition) is 4. The second kappa shape index (κ2) is 4.67. The number of hydrogen-bond donors (Lipinski definition) is 0. The number of nitrogens with zero attached hydrogens (tertiary/aromatic N) is 2. The molecule has 1 saturated carbocycles. The van der Waals surface area contributed by atoms with E-state index < -0.39 is 0 Å². The molecule has 4 nitrogen and oxygen atoms in total. The van der Waals surface area contributed by atoms with Crippen LogP contribution in [0.2, 0.25) is 0 Å². The number of esters is 1. The SMILES string of the molecule is CCOC(=O)c1cnc(C(C)(C)C)nc1C1CC1. The molecule has 1 heterocycles. The third kappa shape index (κ3) is 2.68. The molecule has 98 valence electrons. The van der Waals surface area contributed by atoms with Gasteiger partial charge in [0.2, 0.25) is 0 Å². The summed E-state index contributed by atoms with van der Waals surface area (Å²) in [6, 6.07) is 0. The third-order valence-corrected chi connectivity index (χ3v) is 2.95. The fourth-order valence-electron chi connectivity index (χ4n) is 1.79. The van der Waals surface area contributed by atoms with Gasteiger partial charge in [-0.3, -0.25) is 0 Å². The number of aromatic nitrogens is 2. The first-order valence-electron chi connectivity index (χ1n) is 6.48. The predicted octanol–water partition coefficient (Wildman–Crippen LogP) is 2.83. The van der Waals surface area contributed by atoms with Crippen molar-refractivity contribution in [2.45, 2.75) is 51.9 Å². The number of carbonyl (C=O) groups is 1. The van der Waals surface area contributed by atoms with Crippen molar-refractivity contribution in [3.05, 3.63) is 23.3 Å². The van der Waals surface area contributed by atoms with E-state index in [1.165, 1.54) is 0 Å². The van der Waals surface area contributed by atoms with Crippen molar-refractivity contribution in [1.82, 2.24) is 9.97 Å². The van der Waals surface area contributed by atoms with Crippen molar-refractivity contribution in [1.29, 1.82) is 0 Å². The summed E-state index contributed by atoms with van der Waals surface area (Å²) >= 11 is 0. The number of ether oxygens (including phenoxy) is 1. The standard InChI is InChI=1S/C14H20N2O2/c1-5-18-12(17)10-8-15-13(14(2,3)4)16-11(10)9-6-7-9/h8-9H,5-7H2,1-4H3. The minimum absolute atomic E-state index is 0.100. The maximum Gasteiger partial charge on any atom is 0.341 e. The zero-order valence-electron chi connectivity index (χ0n) is 11.5. The Kier molecular flexibility index (Phi) is 3.37. The van der Waals surface area contributed by atoms with Crippen LogP contribution in [0.25, 0.3) is 0 Å². The Morgan fingerprint density at radius 1 is 1.44 bits per heavy atom. The summed E-state index contributed by atoms with van der Waals surface area (Å²) in [6.45, 7) is 8.40. The van der Waals surface area contributed by atoms with E-state index in [-0.39, 0.29) is 11.4 Å². The molecule has 0 saturated heterocycles. The van der Waals surface area contributed by atoms with Crippen molar-refractivity contribution in [3.8, 4) is 0 Å². The van der Waals surface area contributed by atoms with Gasteiger partial charge in [-0.15, -0.1) is 0 Å². The largest absolute Gasteiger partial charge is 0.462 e. The first kappa shape index (κ1) is 13.0. The fraction of sp³-hybridized carbons (Fsp3) is 0.643. The minimum Gasteiger partial charge on any atom is -0.462 e. The Balaban J connectivity index is 2.39. The van der Waals surface area contributed by atoms with E-state index in [1.807, 2.05) is 0 Å². The highest BCUT2D eigenvalue weighted by atomic mass is 16.5. The molecule has 18 heavy (non-hydrogen) atoms. The fourth-order valence-corrected chi connectivity index (χ4v) is 1.79. The van der Waals surface area contributed by atoms with E-state index >= 15 is 0 Å². The summed E-state index contributed by atoms with van der Waals surface area (Å²) in [5, 5.41) is 0. The molecule has 0 unspecified atom stereocenters. The zero-order chi connectivity index (χ0) is 13.3. The molecule has 1 aliphatic carbocycles. The van der Waals surface area contributed by atoms with Crippen LogP contribution in [0.1, 0.15) is 68.3 Å². The van der Waals surface area contributed by atoms with Crippen LogP contribution >= 0.6 is 0 Å². The molecule has 0 N–H and O–H groups in total. The zero-order valence-corrected chi connectivity index (χ0v) is 11.5. The molecular formula is C14H20N2O2. The molecule has 4 heteroatoms. The van der Waals surface area contributed by atoms with Crippen LogP contribution in [-0.4, -0.2) is 22.5 Å². The molecule has 0 aromatic carbocycles. The summed E-state index contributed by atoms with van der Waals surface area (Å²) in [5.41, 5.74) is 1.30. The number of carbonyl (C=O) groups excluding carboxylic acids is 1. The van der Waals surface area contributed by atoms with Crippen molar-refractivity contribution in [2.24, 2.45) is 0 Å². The second-order valence-electron chi connectivity index (χ2n) is 5.74. The summed E-state index contributed by atoms with van der Waals surface area (Å²) in [6.07, 6.45) is 3.83. The summed E-state index contributed by atoms with van der Waals surface area (Å²) in [5.74, 6) is 0.894. The van der Waals surface area contributed by atoms with Crippen LogP contribution in [0, 0.1) is 0 Å². The average Bonchev–Trinajstić information content (AvgIpc) is 3.11. The first-order chi connectivity index (χ1) is 8.43. The molecule has 0 bridgehead atoms. The third-order valence-electron chi connectivity index (χ3n) is 2.95. The Labute approximate surface area is 108 Å². The average molecular weight is 248 g/mol. The second-order valence-corrected chi connectivity index (χ2v) is 5.74. The Hall–Kier alpha value is -1.45. The lowest BCUT2D eigenvalue weighted by atomic mass is 9.95. The lowest BCUT2D eigenvalue weighted by molar-refractivity contribution is 0.0523. The van der Waals surface area contributed by atoms with Crippen molar-refractivity contribution in [2.75, 3.05) is 6.61 Å². The van der Waals surface area contributed by atoms with Gasteiger partial charge >= 0.3 is 5.97 Å². The van der Waals surface area contributed by atoms with Gasteiger partial charge in [-0.05, 0) is 19.8 Å². The van der Waals surface area contributed by atoms with Crippen LogP contribution < -0.4 is 0 Å². The van der Waals surface area contributed by atoms with Crippen LogP contribution in [0.3, 0.4) is 0 Å². The molecule has 0 atom stereocenters. The molecule has 0 aliphatic heterocycles. The smallest absolute Gasteiger partial charge is 0.341 e. The highest BCUT2D eigenvalue weighted by Gasteiger charge is 2.32. The molecular weight excluding hydrogens is 228 g/mol. The topological polar surface area (TPSA) is 52.1 Å². The first-order valence-corrected chi connectivity index (χ1v) is 6.48. The lowest BCUT2D eigenvalue weighted by Gasteiger charge is -2.18. The van der Waals surface area contributed by atoms with Gasteiger partial charge in [0.05, 0.1) is 17.9 Å². The van der Waals surface area contributed by atoms with E-state index in [1.54, 1.807) is 13.1 Å². The van der Waals surface area contributed by atoms with Gasteiger partial charge in [0.25, 0.3) is 0 Å². The van der Waals surface area contributed by atoms with E-state index in [4.69, 9.17) is 4.74 Å². The normalized spacial score (nSPS) is 15.6. The Bertz CT molecular complexity index is 459. The quantitative estimate of drug-likeness (QED) is 0.772. The van der Waals surface area contributed by atoms with Gasteiger partial charge < -0.3 is 4.74 Å². The molecule has 2 rings (SSSR count). The molecule has 1 aromatic heterocycles. The maximum atomic E-state index is 11.9. The van der Waals surface area contributed by atoms with Gasteiger partial charge in [-0.25, -0.2) is 14.8 Å². The van der Waals surface area contributed by atoms with Crippen molar-refractivity contribution >= 4 is 5.97 Å². The monoisotopic (exact) mass is 248 g/mol. The maximum absolute atomic E-state index is 11.9. The molecule has 0 spiro atoms. The van der Waals surface area contributed by atoms with E-state index in [9.17, 15) is 4.79 Å². The summed E-state index contributed by atoms with van der Waals surface area (Å²) in [4.78, 5) is 20.8. The Morgan fingerprint density at radius 2 is 2.11 bits per heavy atom. The van der Waals surface area contributed by atoms with Crippen molar-refractivity contribution < 1.29 is 9.53 Å². The van der Waals surface area contributed by atoms with E-state index in [0.717, 1.165) is 24.4 Å². The van der Waals surface area contributed by atoms with Crippen LogP contribution in [0.4, 0.5) is 0 Å². The van der Waals surface area contributed by atoms with Crippen LogP contribution in [-0.2, 0) is 10.2 Å². The molecule has 1 fully saturated rings. The van der Waals surface area contributed by atoms with E-state index in [0.29, 0.717) is 18.1 Å². The van der Waals surface area contributed by atoms with Gasteiger partial charge in [-0.2, -0.15) is 0 Å². The predicted molar refractivity (Wildman–Crippen MR) is 68.7 cm³/mol. The minimum atomic E-state index is -0.306. The Morgan fingerprint density at radius 3 is 2.61 bits per heavy atom. The van der Waals surface area contributed by atoms with Gasteiger partial charge in [0, 0.05) is 17.5 Å². The van der Waals surface area contributed by atoms with Crippen molar-refractivity contribution in [3.63, 3.8) is 0 Å². The van der Waals surface area contributed by atoms with Gasteiger partial charge in [-0.1, -0.05) is 20.8 Å². The highest BCUT2D eigenvalue weighted by molar-refractivity contribution is 5.90. The van der Waals surface area contributed by atoms with E-state index in [2.05, 4.69) is 30.7 Å². The highest BCUT2D eigenvalue weighted by Crippen LogP contribution is 2.41. The van der Waals surface area contributed by atoms with Crippen LogP contribution in [0.5, 0.6) is 0 Å². The molecule has 1 aromatic rings. The summed E-state index contributed by atoms with van der Waals surface area (Å²) < 4.78 is 5.05. The lowest BCUT2D eigenvalue weighted by Crippen LogP contribution is -2.19. The molecule has 0 radical (unpaired) electrons. The molecule has 1 aliphatic rings. The van der Waals surface area contributed by atoms with Crippen LogP contribution in [0.15, 0.2) is 6.20 Å². The summed E-state index contributed by atoms with van der Waals surface area (Å²) in [7, 11) is 0. The number of rotatable bonds is 3.